The van der Waals surface area contributed by atoms with Crippen LogP contribution in [-0.4, -0.2) is 30.2 Å². The Balaban J connectivity index is 1.41. The topological polar surface area (TPSA) is 38.8 Å². The fourth-order valence-corrected chi connectivity index (χ4v) is 6.27. The Morgan fingerprint density at radius 1 is 1.13 bits per heavy atom. The van der Waals surface area contributed by atoms with E-state index in [1.165, 1.54) is 36.8 Å². The molecule has 1 aliphatic heterocycles. The van der Waals surface area contributed by atoms with Crippen LogP contribution in [0.15, 0.2) is 48.5 Å². The third-order valence-electron chi connectivity index (χ3n) is 7.56. The van der Waals surface area contributed by atoms with Crippen LogP contribution < -0.4 is 4.74 Å². The van der Waals surface area contributed by atoms with E-state index >= 15 is 0 Å². The van der Waals surface area contributed by atoms with Gasteiger partial charge in [0.15, 0.2) is 0 Å². The van der Waals surface area contributed by atoms with Crippen LogP contribution in [-0.2, 0) is 23.2 Å². The monoisotopic (exact) mass is 405 g/mol. The Bertz CT molecular complexity index is 912. The van der Waals surface area contributed by atoms with Crippen molar-refractivity contribution >= 4 is 6.09 Å². The Hall–Kier alpha value is -2.49. The predicted octanol–water partition coefficient (Wildman–Crippen LogP) is 5.48. The van der Waals surface area contributed by atoms with Crippen molar-refractivity contribution in [2.24, 2.45) is 5.92 Å². The van der Waals surface area contributed by atoms with Gasteiger partial charge >= 0.3 is 6.09 Å². The highest BCUT2D eigenvalue weighted by atomic mass is 16.6. The highest BCUT2D eigenvalue weighted by molar-refractivity contribution is 5.69. The number of likely N-dealkylation sites (tertiary alicyclic amines) is 1. The first-order chi connectivity index (χ1) is 14.7. The zero-order valence-electron chi connectivity index (χ0n) is 17.8. The van der Waals surface area contributed by atoms with Gasteiger partial charge in [-0.2, -0.15) is 0 Å². The maximum absolute atomic E-state index is 13.1. The van der Waals surface area contributed by atoms with Crippen molar-refractivity contribution in [3.8, 4) is 5.75 Å². The normalized spacial score (nSPS) is 27.0. The van der Waals surface area contributed by atoms with Gasteiger partial charge < -0.3 is 14.4 Å². The van der Waals surface area contributed by atoms with Gasteiger partial charge in [-0.3, -0.25) is 0 Å². The van der Waals surface area contributed by atoms with Crippen molar-refractivity contribution in [2.75, 3.05) is 13.2 Å². The highest BCUT2D eigenvalue weighted by Gasteiger charge is 2.55. The number of amides is 1. The van der Waals surface area contributed by atoms with Gasteiger partial charge in [0.25, 0.3) is 0 Å². The fraction of sp³-hybridized carbons (Fsp3) is 0.500. The predicted molar refractivity (Wildman–Crippen MR) is 117 cm³/mol. The molecule has 0 unspecified atom stereocenters. The molecule has 0 N–H and O–H groups in total. The number of piperidine rings is 1. The number of carbonyl (C=O) groups is 1. The molecule has 158 valence electrons. The second-order valence-electron chi connectivity index (χ2n) is 9.02. The molecule has 0 radical (unpaired) electrons. The highest BCUT2D eigenvalue weighted by Crippen LogP contribution is 2.56. The lowest BCUT2D eigenvalue weighted by atomic mass is 9.52. The lowest BCUT2D eigenvalue weighted by Gasteiger charge is -2.58. The Labute approximate surface area is 179 Å². The second kappa shape index (κ2) is 7.98. The third-order valence-corrected chi connectivity index (χ3v) is 7.56. The van der Waals surface area contributed by atoms with E-state index < -0.39 is 0 Å². The van der Waals surface area contributed by atoms with E-state index in [9.17, 15) is 4.79 Å². The first-order valence-corrected chi connectivity index (χ1v) is 11.4. The number of ether oxygens (including phenoxy) is 2. The van der Waals surface area contributed by atoms with Gasteiger partial charge in [-0.05, 0) is 67.3 Å². The third kappa shape index (κ3) is 3.27. The van der Waals surface area contributed by atoms with Crippen molar-refractivity contribution in [3.05, 3.63) is 65.2 Å². The van der Waals surface area contributed by atoms with Crippen LogP contribution in [0.4, 0.5) is 4.79 Å². The molecule has 0 spiro atoms. The van der Waals surface area contributed by atoms with Crippen molar-refractivity contribution < 1.29 is 14.3 Å². The summed E-state index contributed by atoms with van der Waals surface area (Å²) < 4.78 is 11.6. The molecule has 2 aromatic carbocycles. The van der Waals surface area contributed by atoms with Gasteiger partial charge in [0, 0.05) is 18.0 Å². The van der Waals surface area contributed by atoms with Crippen LogP contribution in [0.2, 0.25) is 0 Å². The van der Waals surface area contributed by atoms with E-state index in [1.54, 1.807) is 0 Å². The lowest BCUT2D eigenvalue weighted by Crippen LogP contribution is -2.62. The molecule has 1 saturated carbocycles. The number of nitrogens with zero attached hydrogens (tertiary/aromatic N) is 1. The molecule has 4 heteroatoms. The van der Waals surface area contributed by atoms with Gasteiger partial charge in [-0.1, -0.05) is 49.2 Å². The molecular formula is C26H31NO3. The second-order valence-corrected chi connectivity index (χ2v) is 9.02. The summed E-state index contributed by atoms with van der Waals surface area (Å²) in [6.45, 7) is 3.86. The average molecular weight is 406 g/mol. The molecule has 3 aliphatic rings. The summed E-state index contributed by atoms with van der Waals surface area (Å²) in [5.74, 6) is 1.51. The average Bonchev–Trinajstić information content (AvgIpc) is 2.79. The van der Waals surface area contributed by atoms with Crippen LogP contribution in [0.3, 0.4) is 0 Å². The molecule has 2 aromatic rings. The molecule has 1 heterocycles. The molecule has 2 bridgehead atoms. The number of carbonyl (C=O) groups excluding carboxylic acids is 1. The van der Waals surface area contributed by atoms with E-state index in [1.807, 2.05) is 42.2 Å². The van der Waals surface area contributed by atoms with Crippen LogP contribution in [0.1, 0.15) is 55.7 Å². The van der Waals surface area contributed by atoms with Gasteiger partial charge in [0.2, 0.25) is 0 Å². The molecule has 4 nitrogen and oxygen atoms in total. The number of benzene rings is 2. The molecule has 1 saturated heterocycles. The standard InChI is InChI=1S/C26H31NO3/c1-2-29-21-12-11-20-16-24-22-10-6-7-13-26(22,23(20)17-21)14-15-27(24)25(28)30-18-19-8-4-3-5-9-19/h3-5,8-9,11-12,17,22,24H,2,6-7,10,13-16,18H2,1H3/t22-,24+,26+/m0/s1. The van der Waals surface area contributed by atoms with Crippen molar-refractivity contribution in [1.82, 2.24) is 4.90 Å². The Morgan fingerprint density at radius 2 is 2.00 bits per heavy atom. The zero-order chi connectivity index (χ0) is 20.6. The number of rotatable bonds is 4. The first-order valence-electron chi connectivity index (χ1n) is 11.4. The minimum absolute atomic E-state index is 0.155. The summed E-state index contributed by atoms with van der Waals surface area (Å²) in [4.78, 5) is 15.1. The Kier molecular flexibility index (Phi) is 5.18. The molecule has 5 rings (SSSR count). The van der Waals surface area contributed by atoms with Gasteiger partial charge in [0.05, 0.1) is 6.61 Å². The van der Waals surface area contributed by atoms with Crippen LogP contribution in [0.25, 0.3) is 0 Å². The molecule has 3 atom stereocenters. The summed E-state index contributed by atoms with van der Waals surface area (Å²) in [6, 6.07) is 16.8. The summed E-state index contributed by atoms with van der Waals surface area (Å²) in [6.07, 6.45) is 6.76. The SMILES string of the molecule is CCOc1ccc2c(c1)[C@@]13CCCC[C@H]1[C@@H](C2)N(C(=O)OCc1ccccc1)CC3. The summed E-state index contributed by atoms with van der Waals surface area (Å²) >= 11 is 0. The van der Waals surface area contributed by atoms with E-state index in [0.717, 1.165) is 30.7 Å². The minimum atomic E-state index is -0.155. The first kappa shape index (κ1) is 19.5. The quantitative estimate of drug-likeness (QED) is 0.676. The molecule has 1 amide bonds. The number of fused-ring (bicyclic) bond motifs is 1. The number of hydrogen-bond donors (Lipinski definition) is 0. The van der Waals surface area contributed by atoms with Crippen molar-refractivity contribution in [1.29, 1.82) is 0 Å². The van der Waals surface area contributed by atoms with Crippen LogP contribution in [0.5, 0.6) is 5.75 Å². The zero-order valence-corrected chi connectivity index (χ0v) is 17.8. The number of hydrogen-bond acceptors (Lipinski definition) is 3. The van der Waals surface area contributed by atoms with Crippen LogP contribution in [0, 0.1) is 5.92 Å². The smallest absolute Gasteiger partial charge is 0.410 e. The summed E-state index contributed by atoms with van der Waals surface area (Å²) in [7, 11) is 0. The van der Waals surface area contributed by atoms with Crippen molar-refractivity contribution in [3.63, 3.8) is 0 Å². The van der Waals surface area contributed by atoms with Crippen LogP contribution >= 0.6 is 0 Å². The molecular weight excluding hydrogens is 374 g/mol. The van der Waals surface area contributed by atoms with Gasteiger partial charge in [-0.15, -0.1) is 0 Å². The molecule has 2 aliphatic carbocycles. The maximum atomic E-state index is 13.1. The van der Waals surface area contributed by atoms with Gasteiger partial charge in [0.1, 0.15) is 12.4 Å². The Morgan fingerprint density at radius 3 is 2.83 bits per heavy atom. The van der Waals surface area contributed by atoms with E-state index in [-0.39, 0.29) is 17.6 Å². The summed E-state index contributed by atoms with van der Waals surface area (Å²) in [5.41, 5.74) is 4.11. The van der Waals surface area contributed by atoms with E-state index in [0.29, 0.717) is 19.1 Å². The minimum Gasteiger partial charge on any atom is -0.494 e. The summed E-state index contributed by atoms with van der Waals surface area (Å²) in [5, 5.41) is 0. The van der Waals surface area contributed by atoms with Gasteiger partial charge in [-0.25, -0.2) is 4.79 Å². The van der Waals surface area contributed by atoms with Crippen molar-refractivity contribution in [2.45, 2.75) is 63.5 Å². The van der Waals surface area contributed by atoms with E-state index in [4.69, 9.17) is 9.47 Å². The molecule has 30 heavy (non-hydrogen) atoms. The molecule has 2 fully saturated rings. The maximum Gasteiger partial charge on any atom is 0.410 e. The largest absolute Gasteiger partial charge is 0.494 e. The lowest BCUT2D eigenvalue weighted by molar-refractivity contribution is -0.0137. The molecule has 0 aromatic heterocycles. The fourth-order valence-electron chi connectivity index (χ4n) is 6.27. The van der Waals surface area contributed by atoms with E-state index in [2.05, 4.69) is 18.2 Å².